The molecule has 0 aliphatic carbocycles. The van der Waals surface area contributed by atoms with Gasteiger partial charge in [-0.15, -0.1) is 0 Å². The van der Waals surface area contributed by atoms with E-state index in [2.05, 4.69) is 16.0 Å². The van der Waals surface area contributed by atoms with Gasteiger partial charge in [-0.3, -0.25) is 20.4 Å². The first-order chi connectivity index (χ1) is 14.0. The molecule has 0 radical (unpaired) electrons. The van der Waals surface area contributed by atoms with Crippen molar-refractivity contribution >= 4 is 17.8 Å². The van der Waals surface area contributed by atoms with E-state index in [0.29, 0.717) is 0 Å². The topological polar surface area (TPSA) is 102 Å². The number of nitrogens with zero attached hydrogens (tertiary/aromatic N) is 2. The van der Waals surface area contributed by atoms with E-state index in [0.717, 1.165) is 17.4 Å². The van der Waals surface area contributed by atoms with Gasteiger partial charge < -0.3 is 4.74 Å². The van der Waals surface area contributed by atoms with Crippen molar-refractivity contribution < 1.29 is 23.5 Å². The van der Waals surface area contributed by atoms with Gasteiger partial charge in [0.2, 0.25) is 0 Å². The number of hydrazine groups is 1. The molecule has 0 unspecified atom stereocenters. The summed E-state index contributed by atoms with van der Waals surface area (Å²) in [6, 6.07) is 13.7. The number of amides is 2. The van der Waals surface area contributed by atoms with Crippen LogP contribution < -0.4 is 10.9 Å². The minimum atomic E-state index is -0.827. The number of aryl methyl sites for hydroxylation is 1. The largest absolute Gasteiger partial charge is 0.452 e. The van der Waals surface area contributed by atoms with Crippen molar-refractivity contribution in [3.8, 4) is 5.69 Å². The first-order valence-corrected chi connectivity index (χ1v) is 8.57. The number of hydrogen-bond acceptors (Lipinski definition) is 5. The second-order valence-corrected chi connectivity index (χ2v) is 5.99. The van der Waals surface area contributed by atoms with E-state index in [1.165, 1.54) is 18.2 Å². The van der Waals surface area contributed by atoms with Crippen LogP contribution in [0.5, 0.6) is 0 Å². The van der Waals surface area contributed by atoms with Crippen LogP contribution in [0.3, 0.4) is 0 Å². The maximum absolute atomic E-state index is 13.5. The molecule has 9 heteroatoms. The van der Waals surface area contributed by atoms with Crippen LogP contribution in [0.4, 0.5) is 4.39 Å². The Morgan fingerprint density at radius 2 is 1.76 bits per heavy atom. The summed E-state index contributed by atoms with van der Waals surface area (Å²) in [7, 11) is 0. The summed E-state index contributed by atoms with van der Waals surface area (Å²) in [6.45, 7) is 1.29. The maximum Gasteiger partial charge on any atom is 0.338 e. The molecule has 0 aliphatic heterocycles. The number of aromatic nitrogens is 2. The maximum atomic E-state index is 13.5. The van der Waals surface area contributed by atoms with Gasteiger partial charge in [0.25, 0.3) is 11.8 Å². The normalized spacial score (nSPS) is 10.3. The van der Waals surface area contributed by atoms with E-state index in [9.17, 15) is 18.8 Å². The number of carbonyl (C=O) groups is 3. The Kier molecular flexibility index (Phi) is 5.98. The van der Waals surface area contributed by atoms with Crippen molar-refractivity contribution in [2.24, 2.45) is 0 Å². The fraction of sp³-hybridized carbons (Fsp3) is 0.100. The standard InChI is InChI=1S/C20H17FN4O4/c1-13-10-11-22-25(13)15-8-6-14(7-9-15)20(28)29-12-18(26)23-24-19(27)16-4-2-3-5-17(16)21/h2-11H,12H2,1H3,(H,23,26)(H,24,27). The van der Waals surface area contributed by atoms with Crippen LogP contribution in [-0.4, -0.2) is 34.2 Å². The molecule has 0 aliphatic rings. The SMILES string of the molecule is Cc1ccnn1-c1ccc(C(=O)OCC(=O)NNC(=O)c2ccccc2F)cc1. The Bertz CT molecular complexity index is 1050. The zero-order chi connectivity index (χ0) is 20.8. The average Bonchev–Trinajstić information content (AvgIpc) is 3.16. The van der Waals surface area contributed by atoms with Crippen LogP contribution in [0.15, 0.2) is 60.8 Å². The van der Waals surface area contributed by atoms with Crippen LogP contribution in [0.1, 0.15) is 26.4 Å². The average molecular weight is 396 g/mol. The first kappa shape index (κ1) is 19.7. The quantitative estimate of drug-likeness (QED) is 0.507. The second kappa shape index (κ2) is 8.79. The van der Waals surface area contributed by atoms with Crippen LogP contribution in [0.2, 0.25) is 0 Å². The van der Waals surface area contributed by atoms with Crippen molar-refractivity contribution in [2.75, 3.05) is 6.61 Å². The monoisotopic (exact) mass is 396 g/mol. The number of esters is 1. The van der Waals surface area contributed by atoms with Gasteiger partial charge in [-0.05, 0) is 49.4 Å². The molecule has 0 atom stereocenters. The number of rotatable bonds is 5. The van der Waals surface area contributed by atoms with Crippen molar-refractivity contribution in [1.29, 1.82) is 0 Å². The third kappa shape index (κ3) is 4.83. The Balaban J connectivity index is 1.49. The highest BCUT2D eigenvalue weighted by Crippen LogP contribution is 2.12. The minimum Gasteiger partial charge on any atom is -0.452 e. The van der Waals surface area contributed by atoms with Gasteiger partial charge in [-0.1, -0.05) is 12.1 Å². The minimum absolute atomic E-state index is 0.225. The number of nitrogens with one attached hydrogen (secondary N) is 2. The molecule has 2 N–H and O–H groups in total. The van der Waals surface area contributed by atoms with E-state index in [4.69, 9.17) is 4.74 Å². The highest BCUT2D eigenvalue weighted by atomic mass is 19.1. The highest BCUT2D eigenvalue weighted by molar-refractivity contribution is 5.96. The van der Waals surface area contributed by atoms with E-state index in [-0.39, 0.29) is 11.1 Å². The smallest absolute Gasteiger partial charge is 0.338 e. The molecule has 2 aromatic carbocycles. The third-order valence-corrected chi connectivity index (χ3v) is 3.95. The van der Waals surface area contributed by atoms with Gasteiger partial charge >= 0.3 is 5.97 Å². The van der Waals surface area contributed by atoms with Crippen LogP contribution >= 0.6 is 0 Å². The lowest BCUT2D eigenvalue weighted by Gasteiger charge is -2.09. The lowest BCUT2D eigenvalue weighted by molar-refractivity contribution is -0.125. The lowest BCUT2D eigenvalue weighted by atomic mass is 10.2. The van der Waals surface area contributed by atoms with Gasteiger partial charge in [0.1, 0.15) is 5.82 Å². The Morgan fingerprint density at radius 3 is 2.41 bits per heavy atom. The zero-order valence-electron chi connectivity index (χ0n) is 15.4. The number of hydrogen-bond donors (Lipinski definition) is 2. The van der Waals surface area contributed by atoms with Crippen molar-refractivity contribution in [2.45, 2.75) is 6.92 Å². The number of benzene rings is 2. The number of ether oxygens (including phenoxy) is 1. The molecular formula is C20H17FN4O4. The van der Waals surface area contributed by atoms with Gasteiger partial charge in [0.15, 0.2) is 6.61 Å². The predicted octanol–water partition coefficient (Wildman–Crippen LogP) is 1.94. The van der Waals surface area contributed by atoms with Crippen LogP contribution in [-0.2, 0) is 9.53 Å². The van der Waals surface area contributed by atoms with Crippen molar-refractivity contribution in [1.82, 2.24) is 20.6 Å². The van der Waals surface area contributed by atoms with Gasteiger partial charge in [-0.25, -0.2) is 13.9 Å². The Morgan fingerprint density at radius 1 is 1.03 bits per heavy atom. The molecule has 0 fully saturated rings. The number of carbonyl (C=O) groups excluding carboxylic acids is 3. The molecule has 1 aromatic heterocycles. The molecule has 0 saturated heterocycles. The zero-order valence-corrected chi connectivity index (χ0v) is 15.4. The molecule has 148 valence electrons. The predicted molar refractivity (Wildman–Crippen MR) is 101 cm³/mol. The molecule has 1 heterocycles. The van der Waals surface area contributed by atoms with E-state index >= 15 is 0 Å². The van der Waals surface area contributed by atoms with Gasteiger partial charge in [0.05, 0.1) is 16.8 Å². The fourth-order valence-electron chi connectivity index (χ4n) is 2.47. The molecule has 3 aromatic rings. The summed E-state index contributed by atoms with van der Waals surface area (Å²) in [5.41, 5.74) is 5.85. The van der Waals surface area contributed by atoms with Crippen molar-refractivity contribution in [3.63, 3.8) is 0 Å². The fourth-order valence-corrected chi connectivity index (χ4v) is 2.47. The molecule has 8 nitrogen and oxygen atoms in total. The Labute approximate surface area is 165 Å². The highest BCUT2D eigenvalue weighted by Gasteiger charge is 2.14. The number of halogens is 1. The van der Waals surface area contributed by atoms with Gasteiger partial charge in [-0.2, -0.15) is 5.10 Å². The third-order valence-electron chi connectivity index (χ3n) is 3.95. The summed E-state index contributed by atoms with van der Waals surface area (Å²) in [4.78, 5) is 35.6. The molecule has 2 amide bonds. The molecular weight excluding hydrogens is 379 g/mol. The van der Waals surface area contributed by atoms with E-state index in [1.807, 2.05) is 13.0 Å². The molecule has 0 bridgehead atoms. The van der Waals surface area contributed by atoms with E-state index < -0.39 is 30.2 Å². The summed E-state index contributed by atoms with van der Waals surface area (Å²) in [6.07, 6.45) is 1.67. The summed E-state index contributed by atoms with van der Waals surface area (Å²) < 4.78 is 20.1. The molecule has 3 rings (SSSR count). The second-order valence-electron chi connectivity index (χ2n) is 5.99. The molecule has 0 saturated carbocycles. The van der Waals surface area contributed by atoms with Crippen LogP contribution in [0, 0.1) is 12.7 Å². The lowest BCUT2D eigenvalue weighted by Crippen LogP contribution is -2.43. The van der Waals surface area contributed by atoms with Gasteiger partial charge in [0, 0.05) is 11.9 Å². The van der Waals surface area contributed by atoms with Crippen molar-refractivity contribution in [3.05, 3.63) is 83.4 Å². The van der Waals surface area contributed by atoms with Crippen LogP contribution in [0.25, 0.3) is 5.69 Å². The summed E-state index contributed by atoms with van der Waals surface area (Å²) in [5, 5.41) is 4.17. The van der Waals surface area contributed by atoms with E-state index in [1.54, 1.807) is 35.1 Å². The first-order valence-electron chi connectivity index (χ1n) is 8.57. The molecule has 0 spiro atoms. The summed E-state index contributed by atoms with van der Waals surface area (Å²) in [5.74, 6) is -3.03. The molecule has 29 heavy (non-hydrogen) atoms. The Hall–Kier alpha value is -4.01. The summed E-state index contributed by atoms with van der Waals surface area (Å²) >= 11 is 0.